The van der Waals surface area contributed by atoms with Crippen molar-refractivity contribution in [2.75, 3.05) is 6.61 Å². The number of hydrogen-bond donors (Lipinski definition) is 0. The molecule has 0 N–H and O–H groups in total. The van der Waals surface area contributed by atoms with E-state index in [-0.39, 0.29) is 4.93 Å². The molecule has 0 aromatic heterocycles. The van der Waals surface area contributed by atoms with Gasteiger partial charge in [-0.3, -0.25) is 0 Å². The molecule has 0 saturated carbocycles. The Hall–Kier alpha value is 0.310. The van der Waals surface area contributed by atoms with Crippen LogP contribution in [0.4, 0.5) is 0 Å². The van der Waals surface area contributed by atoms with Crippen molar-refractivity contribution in [1.82, 2.24) is 0 Å². The molecule has 1 nitrogen and oxygen atoms in total. The van der Waals surface area contributed by atoms with Gasteiger partial charge in [0.25, 0.3) is 0 Å². The number of ether oxygens (including phenoxy) is 1. The Morgan fingerprint density at radius 1 is 1.50 bits per heavy atom. The zero-order valence-corrected chi connectivity index (χ0v) is 9.25. The Morgan fingerprint density at radius 3 is 2.83 bits per heavy atom. The highest BCUT2D eigenvalue weighted by atomic mass is 32.2. The Bertz CT molecular complexity index is 136. The fraction of sp³-hybridized carbons (Fsp3) is 1.00. The SMILES string of the molecule is CCCC1CCOC(C)(CC)S1. The molecular formula is C10H20OS. The van der Waals surface area contributed by atoms with Crippen molar-refractivity contribution in [2.45, 2.75) is 56.6 Å². The van der Waals surface area contributed by atoms with E-state index in [9.17, 15) is 0 Å². The largest absolute Gasteiger partial charge is 0.365 e. The summed E-state index contributed by atoms with van der Waals surface area (Å²) in [7, 11) is 0. The van der Waals surface area contributed by atoms with Crippen LogP contribution < -0.4 is 0 Å². The summed E-state index contributed by atoms with van der Waals surface area (Å²) in [5.74, 6) is 0. The average Bonchev–Trinajstić information content (AvgIpc) is 2.05. The molecule has 1 saturated heterocycles. The normalized spacial score (nSPS) is 36.8. The standard InChI is InChI=1S/C10H20OS/c1-4-6-9-7-8-11-10(3,5-2)12-9/h9H,4-8H2,1-3H3. The maximum atomic E-state index is 5.75. The van der Waals surface area contributed by atoms with Crippen molar-refractivity contribution in [3.8, 4) is 0 Å². The van der Waals surface area contributed by atoms with E-state index < -0.39 is 0 Å². The molecule has 1 fully saturated rings. The van der Waals surface area contributed by atoms with Crippen LogP contribution in [0.15, 0.2) is 0 Å². The molecule has 2 heteroatoms. The van der Waals surface area contributed by atoms with Gasteiger partial charge in [-0.05, 0) is 26.2 Å². The number of hydrogen-bond acceptors (Lipinski definition) is 2. The maximum Gasteiger partial charge on any atom is 0.110 e. The monoisotopic (exact) mass is 188 g/mol. The molecule has 12 heavy (non-hydrogen) atoms. The Kier molecular flexibility index (Phi) is 3.91. The van der Waals surface area contributed by atoms with E-state index in [0.717, 1.165) is 18.3 Å². The minimum Gasteiger partial charge on any atom is -0.365 e. The van der Waals surface area contributed by atoms with E-state index in [2.05, 4.69) is 20.8 Å². The molecular weight excluding hydrogens is 168 g/mol. The van der Waals surface area contributed by atoms with Crippen molar-refractivity contribution in [1.29, 1.82) is 0 Å². The summed E-state index contributed by atoms with van der Waals surface area (Å²) in [5, 5.41) is 0.841. The van der Waals surface area contributed by atoms with Crippen molar-refractivity contribution >= 4 is 11.8 Å². The van der Waals surface area contributed by atoms with E-state index >= 15 is 0 Å². The van der Waals surface area contributed by atoms with Gasteiger partial charge in [0.1, 0.15) is 4.93 Å². The van der Waals surface area contributed by atoms with Crippen LogP contribution >= 0.6 is 11.8 Å². The number of thioether (sulfide) groups is 1. The fourth-order valence-electron chi connectivity index (χ4n) is 1.56. The van der Waals surface area contributed by atoms with Crippen molar-refractivity contribution in [3.05, 3.63) is 0 Å². The van der Waals surface area contributed by atoms with Crippen LogP contribution in [0.1, 0.15) is 46.5 Å². The molecule has 1 rings (SSSR count). The Morgan fingerprint density at radius 2 is 2.25 bits per heavy atom. The van der Waals surface area contributed by atoms with E-state index in [0.29, 0.717) is 0 Å². The Labute approximate surface area is 80.3 Å². The number of rotatable bonds is 3. The molecule has 0 spiro atoms. The Balaban J connectivity index is 2.39. The molecule has 0 aliphatic carbocycles. The van der Waals surface area contributed by atoms with Gasteiger partial charge in [-0.2, -0.15) is 0 Å². The lowest BCUT2D eigenvalue weighted by atomic mass is 10.2. The lowest BCUT2D eigenvalue weighted by Crippen LogP contribution is -2.33. The molecule has 0 aromatic carbocycles. The van der Waals surface area contributed by atoms with Crippen molar-refractivity contribution in [2.24, 2.45) is 0 Å². The molecule has 0 amide bonds. The van der Waals surface area contributed by atoms with E-state index in [1.165, 1.54) is 19.3 Å². The lowest BCUT2D eigenvalue weighted by molar-refractivity contribution is 0.0247. The lowest BCUT2D eigenvalue weighted by Gasteiger charge is -2.37. The van der Waals surface area contributed by atoms with Gasteiger partial charge in [0.05, 0.1) is 0 Å². The van der Waals surface area contributed by atoms with Crippen LogP contribution in [0.2, 0.25) is 0 Å². The molecule has 2 unspecified atom stereocenters. The first-order valence-electron chi connectivity index (χ1n) is 5.02. The third-order valence-corrected chi connectivity index (χ3v) is 4.23. The highest BCUT2D eigenvalue weighted by Crippen LogP contribution is 2.40. The molecule has 0 aromatic rings. The third kappa shape index (κ3) is 2.67. The summed E-state index contributed by atoms with van der Waals surface area (Å²) in [5.41, 5.74) is 0. The van der Waals surface area contributed by atoms with Gasteiger partial charge in [-0.1, -0.05) is 20.3 Å². The summed E-state index contributed by atoms with van der Waals surface area (Å²) in [6, 6.07) is 0. The summed E-state index contributed by atoms with van der Waals surface area (Å²) >= 11 is 2.04. The van der Waals surface area contributed by atoms with Crippen molar-refractivity contribution < 1.29 is 4.74 Å². The molecule has 1 aliphatic rings. The van der Waals surface area contributed by atoms with Gasteiger partial charge in [0.15, 0.2) is 0 Å². The molecule has 2 atom stereocenters. The average molecular weight is 188 g/mol. The minimum absolute atomic E-state index is 0.109. The summed E-state index contributed by atoms with van der Waals surface area (Å²) in [4.78, 5) is 0.109. The van der Waals surface area contributed by atoms with Crippen molar-refractivity contribution in [3.63, 3.8) is 0 Å². The first-order chi connectivity index (χ1) is 5.70. The van der Waals surface area contributed by atoms with Gasteiger partial charge in [0, 0.05) is 11.9 Å². The fourth-order valence-corrected chi connectivity index (χ4v) is 3.15. The first kappa shape index (κ1) is 10.4. The van der Waals surface area contributed by atoms with Crippen LogP contribution in [0.3, 0.4) is 0 Å². The highest BCUT2D eigenvalue weighted by Gasteiger charge is 2.31. The molecule has 72 valence electrons. The molecule has 0 radical (unpaired) electrons. The predicted octanol–water partition coefficient (Wildman–Crippen LogP) is 3.43. The second-order valence-corrected chi connectivity index (χ2v) is 5.42. The topological polar surface area (TPSA) is 9.23 Å². The van der Waals surface area contributed by atoms with Gasteiger partial charge >= 0.3 is 0 Å². The molecule has 0 bridgehead atoms. The quantitative estimate of drug-likeness (QED) is 0.671. The predicted molar refractivity (Wildman–Crippen MR) is 55.6 cm³/mol. The second kappa shape index (κ2) is 4.52. The van der Waals surface area contributed by atoms with Crippen LogP contribution in [0.5, 0.6) is 0 Å². The van der Waals surface area contributed by atoms with Crippen LogP contribution in [0, 0.1) is 0 Å². The summed E-state index contributed by atoms with van der Waals surface area (Å²) in [6.45, 7) is 7.65. The summed E-state index contributed by atoms with van der Waals surface area (Å²) < 4.78 is 5.75. The summed E-state index contributed by atoms with van der Waals surface area (Å²) in [6.07, 6.45) is 5.02. The van der Waals surface area contributed by atoms with Gasteiger partial charge in [0.2, 0.25) is 0 Å². The minimum atomic E-state index is 0.109. The van der Waals surface area contributed by atoms with Gasteiger partial charge in [-0.25, -0.2) is 0 Å². The van der Waals surface area contributed by atoms with E-state index in [4.69, 9.17) is 4.74 Å². The van der Waals surface area contributed by atoms with E-state index in [1.807, 2.05) is 11.8 Å². The van der Waals surface area contributed by atoms with Gasteiger partial charge < -0.3 is 4.74 Å². The third-order valence-electron chi connectivity index (χ3n) is 2.52. The highest BCUT2D eigenvalue weighted by molar-refractivity contribution is 8.01. The maximum absolute atomic E-state index is 5.75. The van der Waals surface area contributed by atoms with E-state index in [1.54, 1.807) is 0 Å². The molecule has 1 aliphatic heterocycles. The molecule has 1 heterocycles. The van der Waals surface area contributed by atoms with Crippen LogP contribution in [-0.2, 0) is 4.74 Å². The second-order valence-electron chi connectivity index (χ2n) is 3.65. The van der Waals surface area contributed by atoms with Gasteiger partial charge in [-0.15, -0.1) is 11.8 Å². The first-order valence-corrected chi connectivity index (χ1v) is 5.90. The van der Waals surface area contributed by atoms with Crippen LogP contribution in [-0.4, -0.2) is 16.8 Å². The van der Waals surface area contributed by atoms with Crippen LogP contribution in [0.25, 0.3) is 0 Å². The zero-order valence-electron chi connectivity index (χ0n) is 8.43. The zero-order chi connectivity index (χ0) is 9.03. The smallest absolute Gasteiger partial charge is 0.110 e.